The lowest BCUT2D eigenvalue weighted by molar-refractivity contribution is 0.340. The number of rotatable bonds is 3. The van der Waals surface area contributed by atoms with Crippen LogP contribution in [0.4, 0.5) is 0 Å². The summed E-state index contributed by atoms with van der Waals surface area (Å²) < 4.78 is 6.72. The van der Waals surface area contributed by atoms with Gasteiger partial charge in [-0.3, -0.25) is 4.98 Å². The second-order valence-corrected chi connectivity index (χ2v) is 4.31. The van der Waals surface area contributed by atoms with Gasteiger partial charge in [-0.05, 0) is 43.3 Å². The van der Waals surface area contributed by atoms with E-state index < -0.39 is 0 Å². The summed E-state index contributed by atoms with van der Waals surface area (Å²) in [5.41, 5.74) is 1.01. The predicted molar refractivity (Wildman–Crippen MR) is 75.6 cm³/mol. The Bertz CT molecular complexity index is 709. The van der Waals surface area contributed by atoms with Crippen molar-refractivity contribution in [3.63, 3.8) is 0 Å². The molecule has 0 bridgehead atoms. The SMILES string of the molecule is CCOc1ccc(-n2c(O)c3cccnc3c2O)cc1. The number of fused-ring (bicyclic) bond motifs is 1. The number of hydrogen-bond acceptors (Lipinski definition) is 4. The molecule has 2 heterocycles. The summed E-state index contributed by atoms with van der Waals surface area (Å²) in [4.78, 5) is 4.08. The van der Waals surface area contributed by atoms with Crippen LogP contribution < -0.4 is 4.74 Å². The van der Waals surface area contributed by atoms with Crippen molar-refractivity contribution in [3.05, 3.63) is 42.6 Å². The van der Waals surface area contributed by atoms with E-state index in [1.54, 1.807) is 42.6 Å². The van der Waals surface area contributed by atoms with E-state index >= 15 is 0 Å². The minimum absolute atomic E-state index is 0.0326. The standard InChI is InChI=1S/C15H14N2O3/c1-2-20-11-7-5-10(6-8-11)17-14(18)12-4-3-9-16-13(12)15(17)19/h3-9,18-19H,2H2,1H3. The topological polar surface area (TPSA) is 67.5 Å². The number of aromatic nitrogens is 2. The number of hydrogen-bond donors (Lipinski definition) is 2. The Morgan fingerprint density at radius 3 is 2.50 bits per heavy atom. The number of pyridine rings is 1. The van der Waals surface area contributed by atoms with Gasteiger partial charge in [0.2, 0.25) is 11.8 Å². The molecule has 0 unspecified atom stereocenters. The minimum atomic E-state index is -0.0812. The van der Waals surface area contributed by atoms with Gasteiger partial charge in [0.25, 0.3) is 0 Å². The molecule has 5 nitrogen and oxygen atoms in total. The molecule has 0 fully saturated rings. The first-order valence-corrected chi connectivity index (χ1v) is 6.33. The molecule has 5 heteroatoms. The third kappa shape index (κ3) is 1.84. The highest BCUT2D eigenvalue weighted by Crippen LogP contribution is 2.37. The van der Waals surface area contributed by atoms with Crippen LogP contribution in [0.25, 0.3) is 16.6 Å². The smallest absolute Gasteiger partial charge is 0.226 e. The second-order valence-electron chi connectivity index (χ2n) is 4.31. The molecule has 0 aliphatic carbocycles. The van der Waals surface area contributed by atoms with Gasteiger partial charge < -0.3 is 14.9 Å². The number of nitrogens with zero attached hydrogens (tertiary/aromatic N) is 2. The van der Waals surface area contributed by atoms with Gasteiger partial charge in [0, 0.05) is 6.20 Å². The molecule has 2 aromatic heterocycles. The van der Waals surface area contributed by atoms with Crippen LogP contribution in [0, 0.1) is 0 Å². The van der Waals surface area contributed by atoms with Crippen LogP contribution in [0.15, 0.2) is 42.6 Å². The molecule has 102 valence electrons. The fourth-order valence-corrected chi connectivity index (χ4v) is 2.19. The molecule has 0 saturated carbocycles. The van der Waals surface area contributed by atoms with Gasteiger partial charge in [-0.1, -0.05) is 0 Å². The van der Waals surface area contributed by atoms with Crippen molar-refractivity contribution < 1.29 is 14.9 Å². The molecule has 0 saturated heterocycles. The molecule has 0 amide bonds. The lowest BCUT2D eigenvalue weighted by Gasteiger charge is -2.08. The summed E-state index contributed by atoms with van der Waals surface area (Å²) in [5.74, 6) is 0.627. The van der Waals surface area contributed by atoms with Gasteiger partial charge in [-0.2, -0.15) is 0 Å². The highest BCUT2D eigenvalue weighted by Gasteiger charge is 2.17. The van der Waals surface area contributed by atoms with Crippen LogP contribution in [0.5, 0.6) is 17.5 Å². The quantitative estimate of drug-likeness (QED) is 0.768. The zero-order valence-corrected chi connectivity index (χ0v) is 10.9. The summed E-state index contributed by atoms with van der Waals surface area (Å²) in [6, 6.07) is 10.5. The van der Waals surface area contributed by atoms with Crippen molar-refractivity contribution in [2.45, 2.75) is 6.92 Å². The molecule has 0 spiro atoms. The highest BCUT2D eigenvalue weighted by atomic mass is 16.5. The number of aromatic hydroxyl groups is 2. The Balaban J connectivity index is 2.14. The van der Waals surface area contributed by atoms with Crippen molar-refractivity contribution in [1.82, 2.24) is 9.55 Å². The van der Waals surface area contributed by atoms with Crippen LogP contribution in [-0.2, 0) is 0 Å². The molecule has 0 aliphatic heterocycles. The van der Waals surface area contributed by atoms with E-state index in [0.717, 1.165) is 5.75 Å². The maximum atomic E-state index is 10.2. The monoisotopic (exact) mass is 270 g/mol. The van der Waals surface area contributed by atoms with Gasteiger partial charge >= 0.3 is 0 Å². The highest BCUT2D eigenvalue weighted by molar-refractivity contribution is 5.90. The first-order chi connectivity index (χ1) is 9.72. The van der Waals surface area contributed by atoms with Gasteiger partial charge in [0.05, 0.1) is 17.7 Å². The molecular formula is C15H14N2O3. The molecule has 2 N–H and O–H groups in total. The van der Waals surface area contributed by atoms with E-state index in [1.165, 1.54) is 4.57 Å². The van der Waals surface area contributed by atoms with E-state index in [1.807, 2.05) is 6.92 Å². The van der Waals surface area contributed by atoms with E-state index in [2.05, 4.69) is 4.98 Å². The lowest BCUT2D eigenvalue weighted by atomic mass is 10.3. The van der Waals surface area contributed by atoms with Gasteiger partial charge in [0.1, 0.15) is 11.3 Å². The zero-order valence-electron chi connectivity index (χ0n) is 10.9. The minimum Gasteiger partial charge on any atom is -0.494 e. The zero-order chi connectivity index (χ0) is 14.1. The predicted octanol–water partition coefficient (Wildman–Crippen LogP) is 2.84. The van der Waals surface area contributed by atoms with Crippen molar-refractivity contribution in [2.24, 2.45) is 0 Å². The van der Waals surface area contributed by atoms with E-state index in [4.69, 9.17) is 4.74 Å². The molecule has 1 aromatic carbocycles. The Kier molecular flexibility index (Phi) is 2.95. The van der Waals surface area contributed by atoms with E-state index in [9.17, 15) is 10.2 Å². The average Bonchev–Trinajstić information content (AvgIpc) is 2.73. The summed E-state index contributed by atoms with van der Waals surface area (Å²) >= 11 is 0. The second kappa shape index (κ2) is 4.77. The number of benzene rings is 1. The molecule has 0 atom stereocenters. The van der Waals surface area contributed by atoms with Crippen LogP contribution in [0.1, 0.15) is 6.92 Å². The third-order valence-corrected chi connectivity index (χ3v) is 3.09. The van der Waals surface area contributed by atoms with E-state index in [-0.39, 0.29) is 11.8 Å². The molecule has 20 heavy (non-hydrogen) atoms. The molecule has 3 aromatic rings. The fraction of sp³-hybridized carbons (Fsp3) is 0.133. The average molecular weight is 270 g/mol. The summed E-state index contributed by atoms with van der Waals surface area (Å²) in [6.45, 7) is 2.50. The summed E-state index contributed by atoms with van der Waals surface area (Å²) in [7, 11) is 0. The van der Waals surface area contributed by atoms with Crippen LogP contribution in [0.3, 0.4) is 0 Å². The maximum Gasteiger partial charge on any atom is 0.226 e. The van der Waals surface area contributed by atoms with Gasteiger partial charge in [0.15, 0.2) is 0 Å². The first-order valence-electron chi connectivity index (χ1n) is 6.33. The normalized spacial score (nSPS) is 10.8. The van der Waals surface area contributed by atoms with Crippen LogP contribution in [0.2, 0.25) is 0 Å². The van der Waals surface area contributed by atoms with Gasteiger partial charge in [-0.15, -0.1) is 0 Å². The molecule has 3 rings (SSSR count). The molecule has 0 aliphatic rings. The molecule has 0 radical (unpaired) electrons. The Hall–Kier alpha value is -2.69. The first kappa shape index (κ1) is 12.3. The number of ether oxygens (including phenoxy) is 1. The largest absolute Gasteiger partial charge is 0.494 e. The fourth-order valence-electron chi connectivity index (χ4n) is 2.19. The Morgan fingerprint density at radius 2 is 1.85 bits per heavy atom. The van der Waals surface area contributed by atoms with Crippen molar-refractivity contribution in [3.8, 4) is 23.2 Å². The van der Waals surface area contributed by atoms with E-state index in [0.29, 0.717) is 23.2 Å². The summed E-state index contributed by atoms with van der Waals surface area (Å²) in [6.07, 6.45) is 1.57. The summed E-state index contributed by atoms with van der Waals surface area (Å²) in [5, 5.41) is 20.9. The van der Waals surface area contributed by atoms with Crippen molar-refractivity contribution >= 4 is 10.9 Å². The van der Waals surface area contributed by atoms with Gasteiger partial charge in [-0.25, -0.2) is 4.57 Å². The third-order valence-electron chi connectivity index (χ3n) is 3.09. The van der Waals surface area contributed by atoms with Crippen LogP contribution in [-0.4, -0.2) is 26.4 Å². The maximum absolute atomic E-state index is 10.2. The van der Waals surface area contributed by atoms with Crippen molar-refractivity contribution in [1.29, 1.82) is 0 Å². The Labute approximate surface area is 115 Å². The van der Waals surface area contributed by atoms with Crippen molar-refractivity contribution in [2.75, 3.05) is 6.61 Å². The lowest BCUT2D eigenvalue weighted by Crippen LogP contribution is -1.94. The molecular weight excluding hydrogens is 256 g/mol. The van der Waals surface area contributed by atoms with Crippen LogP contribution >= 0.6 is 0 Å². The Morgan fingerprint density at radius 1 is 1.10 bits per heavy atom.